The molecule has 1 aliphatic heterocycles. The van der Waals surface area contributed by atoms with Crippen LogP contribution >= 0.6 is 22.9 Å². The first-order valence-corrected chi connectivity index (χ1v) is 11.3. The molecule has 162 valence electrons. The van der Waals surface area contributed by atoms with Gasteiger partial charge in [0.05, 0.1) is 22.7 Å². The fraction of sp³-hybridized carbons (Fsp3) is 0.304. The van der Waals surface area contributed by atoms with Crippen LogP contribution in [0, 0.1) is 19.7 Å². The standard InChI is InChI=1S/C23H23ClFN3O2S/c1-15-12-20(16(2)28(15)14-18-4-3-11-31-18)23(30)27-9-7-26(8-10-27)22(29)19-6-5-17(25)13-21(19)24/h3-6,11-13H,7-10,14H2,1-2H3. The van der Waals surface area contributed by atoms with Crippen LogP contribution in [-0.4, -0.2) is 52.4 Å². The average molecular weight is 460 g/mol. The molecular formula is C23H23ClFN3O2S. The van der Waals surface area contributed by atoms with Crippen molar-refractivity contribution >= 4 is 34.8 Å². The molecule has 0 bridgehead atoms. The lowest BCUT2D eigenvalue weighted by atomic mass is 10.1. The van der Waals surface area contributed by atoms with Crippen molar-refractivity contribution in [3.8, 4) is 0 Å². The van der Waals surface area contributed by atoms with Crippen LogP contribution in [0.25, 0.3) is 0 Å². The molecule has 0 aliphatic carbocycles. The molecule has 3 heterocycles. The highest BCUT2D eigenvalue weighted by Crippen LogP contribution is 2.23. The van der Waals surface area contributed by atoms with Crippen LogP contribution in [0.4, 0.5) is 4.39 Å². The van der Waals surface area contributed by atoms with E-state index in [9.17, 15) is 14.0 Å². The fourth-order valence-electron chi connectivity index (χ4n) is 3.94. The molecule has 3 aromatic rings. The molecule has 8 heteroatoms. The van der Waals surface area contributed by atoms with Crippen molar-refractivity contribution < 1.29 is 14.0 Å². The number of hydrogen-bond donors (Lipinski definition) is 0. The van der Waals surface area contributed by atoms with E-state index in [1.807, 2.05) is 26.0 Å². The lowest BCUT2D eigenvalue weighted by Gasteiger charge is -2.35. The Bertz CT molecular complexity index is 1120. The Hall–Kier alpha value is -2.64. The third-order valence-corrected chi connectivity index (χ3v) is 6.89. The Morgan fingerprint density at radius 3 is 2.23 bits per heavy atom. The zero-order chi connectivity index (χ0) is 22.1. The minimum atomic E-state index is -0.478. The lowest BCUT2D eigenvalue weighted by molar-refractivity contribution is 0.0535. The number of hydrogen-bond acceptors (Lipinski definition) is 3. The molecule has 1 aromatic carbocycles. The van der Waals surface area contributed by atoms with Gasteiger partial charge in [0.15, 0.2) is 0 Å². The molecule has 0 spiro atoms. The first-order valence-electron chi connectivity index (χ1n) is 10.1. The zero-order valence-electron chi connectivity index (χ0n) is 17.4. The van der Waals surface area contributed by atoms with E-state index >= 15 is 0 Å². The van der Waals surface area contributed by atoms with Crippen molar-refractivity contribution in [2.75, 3.05) is 26.2 Å². The maximum atomic E-state index is 13.3. The third-order valence-electron chi connectivity index (χ3n) is 5.71. The van der Waals surface area contributed by atoms with Crippen LogP contribution in [0.15, 0.2) is 41.8 Å². The van der Waals surface area contributed by atoms with Crippen LogP contribution in [0.5, 0.6) is 0 Å². The Kier molecular flexibility index (Phi) is 6.16. The van der Waals surface area contributed by atoms with Gasteiger partial charge in [0.25, 0.3) is 11.8 Å². The van der Waals surface area contributed by atoms with E-state index < -0.39 is 5.82 Å². The molecule has 0 N–H and O–H groups in total. The summed E-state index contributed by atoms with van der Waals surface area (Å²) in [5.41, 5.74) is 2.98. The summed E-state index contributed by atoms with van der Waals surface area (Å²) in [5.74, 6) is -0.739. The Morgan fingerprint density at radius 1 is 1.00 bits per heavy atom. The number of nitrogens with zero attached hydrogens (tertiary/aromatic N) is 3. The average Bonchev–Trinajstić information content (AvgIpc) is 3.37. The number of amides is 2. The number of aryl methyl sites for hydroxylation is 1. The lowest BCUT2D eigenvalue weighted by Crippen LogP contribution is -2.50. The molecule has 2 amide bonds. The Labute approximate surface area is 189 Å². The van der Waals surface area contributed by atoms with Crippen molar-refractivity contribution in [1.29, 1.82) is 0 Å². The smallest absolute Gasteiger partial charge is 0.255 e. The van der Waals surface area contributed by atoms with Gasteiger partial charge in [-0.25, -0.2) is 4.39 Å². The van der Waals surface area contributed by atoms with Crippen LogP contribution in [-0.2, 0) is 6.54 Å². The fourth-order valence-corrected chi connectivity index (χ4v) is 4.88. The monoisotopic (exact) mass is 459 g/mol. The SMILES string of the molecule is Cc1cc(C(=O)N2CCN(C(=O)c3ccc(F)cc3Cl)CC2)c(C)n1Cc1cccs1. The number of benzene rings is 1. The first-order chi connectivity index (χ1) is 14.8. The number of carbonyl (C=O) groups is 2. The highest BCUT2D eigenvalue weighted by Gasteiger charge is 2.28. The van der Waals surface area contributed by atoms with Gasteiger partial charge < -0.3 is 14.4 Å². The molecule has 0 saturated carbocycles. The largest absolute Gasteiger partial charge is 0.343 e. The number of piperazine rings is 1. The first kappa shape index (κ1) is 21.6. The summed E-state index contributed by atoms with van der Waals surface area (Å²) in [7, 11) is 0. The number of aromatic nitrogens is 1. The summed E-state index contributed by atoms with van der Waals surface area (Å²) in [6.07, 6.45) is 0. The predicted molar refractivity (Wildman–Crippen MR) is 121 cm³/mol. The van der Waals surface area contributed by atoms with Crippen molar-refractivity contribution in [2.45, 2.75) is 20.4 Å². The second-order valence-electron chi connectivity index (χ2n) is 7.66. The van der Waals surface area contributed by atoms with Gasteiger partial charge in [0.1, 0.15) is 5.82 Å². The normalized spacial score (nSPS) is 14.2. The molecule has 0 unspecified atom stereocenters. The molecule has 0 radical (unpaired) electrons. The molecule has 1 aliphatic rings. The number of halogens is 2. The van der Waals surface area contributed by atoms with Crippen molar-refractivity contribution in [1.82, 2.24) is 14.4 Å². The van der Waals surface area contributed by atoms with Crippen molar-refractivity contribution in [2.24, 2.45) is 0 Å². The van der Waals surface area contributed by atoms with Gasteiger partial charge in [-0.1, -0.05) is 17.7 Å². The Morgan fingerprint density at radius 2 is 1.65 bits per heavy atom. The number of rotatable bonds is 4. The van der Waals surface area contributed by atoms with Gasteiger partial charge in [-0.15, -0.1) is 11.3 Å². The zero-order valence-corrected chi connectivity index (χ0v) is 19.0. The molecular weight excluding hydrogens is 437 g/mol. The van der Waals surface area contributed by atoms with Crippen molar-refractivity contribution in [3.63, 3.8) is 0 Å². The van der Waals surface area contributed by atoms with Gasteiger partial charge in [-0.05, 0) is 49.6 Å². The van der Waals surface area contributed by atoms with E-state index in [0.717, 1.165) is 24.0 Å². The van der Waals surface area contributed by atoms with Crippen LogP contribution < -0.4 is 0 Å². The minimum absolute atomic E-state index is 0.0163. The van der Waals surface area contributed by atoms with E-state index in [4.69, 9.17) is 11.6 Å². The molecule has 1 saturated heterocycles. The van der Waals surface area contributed by atoms with E-state index in [0.29, 0.717) is 31.7 Å². The highest BCUT2D eigenvalue weighted by molar-refractivity contribution is 7.09. The van der Waals surface area contributed by atoms with Gasteiger partial charge in [0.2, 0.25) is 0 Å². The van der Waals surface area contributed by atoms with Crippen LogP contribution in [0.1, 0.15) is 37.0 Å². The molecule has 31 heavy (non-hydrogen) atoms. The second kappa shape index (κ2) is 8.85. The van der Waals surface area contributed by atoms with Gasteiger partial charge in [0, 0.05) is 42.4 Å². The van der Waals surface area contributed by atoms with Crippen LogP contribution in [0.3, 0.4) is 0 Å². The maximum Gasteiger partial charge on any atom is 0.255 e. The van der Waals surface area contributed by atoms with Gasteiger partial charge >= 0.3 is 0 Å². The number of carbonyl (C=O) groups excluding carboxylic acids is 2. The summed E-state index contributed by atoms with van der Waals surface area (Å²) in [6.45, 7) is 6.45. The van der Waals surface area contributed by atoms with Crippen LogP contribution in [0.2, 0.25) is 5.02 Å². The molecule has 1 fully saturated rings. The Balaban J connectivity index is 1.43. The summed E-state index contributed by atoms with van der Waals surface area (Å²) < 4.78 is 15.4. The minimum Gasteiger partial charge on any atom is -0.343 e. The molecule has 2 aromatic heterocycles. The second-order valence-corrected chi connectivity index (χ2v) is 9.10. The summed E-state index contributed by atoms with van der Waals surface area (Å²) in [5, 5.41) is 2.15. The molecule has 5 nitrogen and oxygen atoms in total. The van der Waals surface area contributed by atoms with Gasteiger partial charge in [-0.3, -0.25) is 9.59 Å². The topological polar surface area (TPSA) is 45.6 Å². The van der Waals surface area contributed by atoms with E-state index in [-0.39, 0.29) is 22.4 Å². The number of thiophene rings is 1. The molecule has 0 atom stereocenters. The predicted octanol–water partition coefficient (Wildman–Crippen LogP) is 4.61. The summed E-state index contributed by atoms with van der Waals surface area (Å²) >= 11 is 7.73. The highest BCUT2D eigenvalue weighted by atomic mass is 35.5. The van der Waals surface area contributed by atoms with E-state index in [1.54, 1.807) is 21.1 Å². The molecule has 4 rings (SSSR count). The van der Waals surface area contributed by atoms with E-state index in [2.05, 4.69) is 16.0 Å². The summed E-state index contributed by atoms with van der Waals surface area (Å²) in [6, 6.07) is 9.83. The van der Waals surface area contributed by atoms with Gasteiger partial charge in [-0.2, -0.15) is 0 Å². The van der Waals surface area contributed by atoms with E-state index in [1.165, 1.54) is 17.0 Å². The maximum absolute atomic E-state index is 13.3. The quantitative estimate of drug-likeness (QED) is 0.572. The van der Waals surface area contributed by atoms with Crippen molar-refractivity contribution in [3.05, 3.63) is 80.0 Å². The third kappa shape index (κ3) is 4.38. The summed E-state index contributed by atoms with van der Waals surface area (Å²) in [4.78, 5) is 30.6.